The van der Waals surface area contributed by atoms with Crippen LogP contribution < -0.4 is 5.73 Å². The van der Waals surface area contributed by atoms with E-state index in [1.54, 1.807) is 0 Å². The minimum Gasteiger partial charge on any atom is -0.375 e. The highest BCUT2D eigenvalue weighted by Gasteiger charge is 2.12. The van der Waals surface area contributed by atoms with E-state index in [9.17, 15) is 8.42 Å². The highest BCUT2D eigenvalue weighted by molar-refractivity contribution is 7.87. The summed E-state index contributed by atoms with van der Waals surface area (Å²) >= 11 is 4.23. The molecule has 0 aromatic rings. The molecule has 0 aliphatic carbocycles. The molecule has 0 saturated carbocycles. The lowest BCUT2D eigenvalue weighted by Crippen LogP contribution is -2.36. The first-order chi connectivity index (χ1) is 3.85. The topological polar surface area (TPSA) is 83.6 Å². The Kier molecular flexibility index (Phi) is 2.35. The third-order valence-electron chi connectivity index (χ3n) is 0.656. The number of nitrogens with two attached hydrogens (primary N) is 1. The Morgan fingerprint density at radius 3 is 2.11 bits per heavy atom. The van der Waals surface area contributed by atoms with E-state index in [0.717, 1.165) is 7.05 Å². The number of rotatable bonds is 1. The van der Waals surface area contributed by atoms with Gasteiger partial charge in [0.15, 0.2) is 5.11 Å². The molecule has 0 heterocycles. The van der Waals surface area contributed by atoms with Crippen LogP contribution in [0.5, 0.6) is 0 Å². The minimum absolute atomic E-state index is 0.391. The van der Waals surface area contributed by atoms with Crippen LogP contribution in [0.4, 0.5) is 0 Å². The summed E-state index contributed by atoms with van der Waals surface area (Å²) < 4.78 is 28.8. The van der Waals surface area contributed by atoms with Crippen molar-refractivity contribution in [1.29, 1.82) is 0 Å². The zero-order valence-electron chi connectivity index (χ0n) is 4.60. The summed E-state index contributed by atoms with van der Waals surface area (Å²) in [6, 6.07) is 0. The third-order valence-corrected chi connectivity index (χ3v) is 1.93. The summed E-state index contributed by atoms with van der Waals surface area (Å²) in [6.45, 7) is 0. The second-order valence-electron chi connectivity index (χ2n) is 1.28. The average Bonchev–Trinajstić information content (AvgIpc) is 1.62. The monoisotopic (exact) mass is 170 g/mol. The normalized spacial score (nSPS) is 10.9. The van der Waals surface area contributed by atoms with Crippen LogP contribution in [-0.4, -0.2) is 29.4 Å². The van der Waals surface area contributed by atoms with Crippen LogP contribution in [0.3, 0.4) is 0 Å². The Hall–Kier alpha value is -0.400. The van der Waals surface area contributed by atoms with Gasteiger partial charge in [-0.15, -0.1) is 0 Å². The fourth-order valence-corrected chi connectivity index (χ4v) is 0.624. The first kappa shape index (κ1) is 8.60. The highest BCUT2D eigenvalue weighted by atomic mass is 32.2. The summed E-state index contributed by atoms with van der Waals surface area (Å²) in [5.41, 5.74) is 4.84. The van der Waals surface area contributed by atoms with Gasteiger partial charge >= 0.3 is 10.3 Å². The number of hydrogen-bond acceptors (Lipinski definition) is 3. The molecule has 5 nitrogen and oxygen atoms in total. The molecular weight excluding hydrogens is 164 g/mol. The van der Waals surface area contributed by atoms with Crippen LogP contribution in [0.1, 0.15) is 0 Å². The zero-order valence-corrected chi connectivity index (χ0v) is 6.24. The van der Waals surface area contributed by atoms with E-state index in [0.29, 0.717) is 4.31 Å². The maximum atomic E-state index is 10.1. The molecule has 7 heteroatoms. The Labute approximate surface area is 58.3 Å². The van der Waals surface area contributed by atoms with Gasteiger partial charge < -0.3 is 5.73 Å². The van der Waals surface area contributed by atoms with E-state index in [2.05, 4.69) is 12.2 Å². The molecule has 3 N–H and O–H groups in total. The largest absolute Gasteiger partial charge is 0.375 e. The van der Waals surface area contributed by atoms with E-state index in [1.807, 2.05) is 0 Å². The fraction of sp³-hybridized carbons (Fsp3) is 0.500. The zero-order chi connectivity index (χ0) is 7.65. The SMILES string of the molecule is CN(C(N)=S)S(=O)(=O)O. The first-order valence-electron chi connectivity index (χ1n) is 1.86. The predicted octanol–water partition coefficient (Wildman–Crippen LogP) is -1.04. The lowest BCUT2D eigenvalue weighted by molar-refractivity contribution is 0.440. The number of hydrogen-bond donors (Lipinski definition) is 2. The first-order valence-corrected chi connectivity index (χ1v) is 3.67. The predicted molar refractivity (Wildman–Crippen MR) is 36.1 cm³/mol. The molecule has 0 spiro atoms. The molecule has 0 rings (SSSR count). The molecule has 0 aliphatic heterocycles. The summed E-state index contributed by atoms with van der Waals surface area (Å²) in [4.78, 5) is 0. The molecule has 0 saturated heterocycles. The Morgan fingerprint density at radius 2 is 2.11 bits per heavy atom. The van der Waals surface area contributed by atoms with Crippen LogP contribution in [0.15, 0.2) is 0 Å². The molecule has 0 unspecified atom stereocenters. The van der Waals surface area contributed by atoms with Crippen LogP contribution in [-0.2, 0) is 10.3 Å². The molecular formula is C2H6N2O3S2. The van der Waals surface area contributed by atoms with Gasteiger partial charge in [0.05, 0.1) is 0 Å². The Balaban J connectivity index is 4.43. The molecule has 54 valence electrons. The van der Waals surface area contributed by atoms with Gasteiger partial charge in [-0.2, -0.15) is 8.42 Å². The fourth-order valence-electron chi connectivity index (χ4n) is 0.114. The van der Waals surface area contributed by atoms with Gasteiger partial charge in [-0.3, -0.25) is 4.55 Å². The number of nitrogens with zero attached hydrogens (tertiary/aromatic N) is 1. The van der Waals surface area contributed by atoms with Gasteiger partial charge in [-0.25, -0.2) is 4.31 Å². The van der Waals surface area contributed by atoms with Gasteiger partial charge in [-0.05, 0) is 12.2 Å². The van der Waals surface area contributed by atoms with Gasteiger partial charge in [-0.1, -0.05) is 0 Å². The molecule has 0 atom stereocenters. The lowest BCUT2D eigenvalue weighted by atomic mass is 11.1. The standard InChI is InChI=1S/C2H6N2O3S2/c1-4(2(3)8)9(5,6)7/h1H3,(H2,3,8)(H,5,6,7). The average molecular weight is 170 g/mol. The van der Waals surface area contributed by atoms with Crippen molar-refractivity contribution in [2.45, 2.75) is 0 Å². The van der Waals surface area contributed by atoms with E-state index >= 15 is 0 Å². The molecule has 0 bridgehead atoms. The smallest absolute Gasteiger partial charge is 0.361 e. The third kappa shape index (κ3) is 2.59. The quantitative estimate of drug-likeness (QED) is 0.388. The summed E-state index contributed by atoms with van der Waals surface area (Å²) in [5, 5.41) is -0.391. The van der Waals surface area contributed by atoms with Crippen molar-refractivity contribution < 1.29 is 13.0 Å². The molecule has 0 fully saturated rings. The van der Waals surface area contributed by atoms with E-state index in [-0.39, 0.29) is 0 Å². The highest BCUT2D eigenvalue weighted by Crippen LogP contribution is 1.89. The van der Waals surface area contributed by atoms with Crippen LogP contribution >= 0.6 is 12.2 Å². The molecule has 0 aromatic carbocycles. The van der Waals surface area contributed by atoms with Crippen molar-refractivity contribution >= 4 is 27.6 Å². The van der Waals surface area contributed by atoms with Crippen molar-refractivity contribution in [3.8, 4) is 0 Å². The van der Waals surface area contributed by atoms with Crippen molar-refractivity contribution in [3.05, 3.63) is 0 Å². The molecule has 0 aliphatic rings. The van der Waals surface area contributed by atoms with Crippen molar-refractivity contribution in [3.63, 3.8) is 0 Å². The van der Waals surface area contributed by atoms with Gasteiger partial charge in [0.1, 0.15) is 0 Å². The second-order valence-corrected chi connectivity index (χ2v) is 3.15. The van der Waals surface area contributed by atoms with Crippen molar-refractivity contribution in [1.82, 2.24) is 4.31 Å². The Morgan fingerprint density at radius 1 is 1.78 bits per heavy atom. The minimum atomic E-state index is -4.23. The summed E-state index contributed by atoms with van der Waals surface area (Å²) in [6.07, 6.45) is 0. The van der Waals surface area contributed by atoms with E-state index in [1.165, 1.54) is 0 Å². The summed E-state index contributed by atoms with van der Waals surface area (Å²) in [7, 11) is -3.18. The van der Waals surface area contributed by atoms with Crippen LogP contribution in [0.25, 0.3) is 0 Å². The lowest BCUT2D eigenvalue weighted by Gasteiger charge is -2.10. The van der Waals surface area contributed by atoms with Gasteiger partial charge in [0.2, 0.25) is 0 Å². The van der Waals surface area contributed by atoms with Gasteiger partial charge in [0, 0.05) is 7.05 Å². The van der Waals surface area contributed by atoms with E-state index < -0.39 is 15.4 Å². The maximum Gasteiger partial charge on any atom is 0.361 e. The maximum absolute atomic E-state index is 10.1. The van der Waals surface area contributed by atoms with Crippen molar-refractivity contribution in [2.75, 3.05) is 7.05 Å². The number of thiocarbonyl (C=S) groups is 1. The molecule has 0 aromatic heterocycles. The van der Waals surface area contributed by atoms with Crippen LogP contribution in [0.2, 0.25) is 0 Å². The van der Waals surface area contributed by atoms with E-state index in [4.69, 9.17) is 10.3 Å². The molecule has 0 radical (unpaired) electrons. The van der Waals surface area contributed by atoms with Crippen LogP contribution in [0, 0.1) is 0 Å². The second kappa shape index (κ2) is 2.46. The summed E-state index contributed by atoms with van der Waals surface area (Å²) in [5.74, 6) is 0. The molecule has 0 amide bonds. The van der Waals surface area contributed by atoms with Gasteiger partial charge in [0.25, 0.3) is 0 Å². The molecule has 9 heavy (non-hydrogen) atoms. The Bertz CT molecular complexity index is 208. The van der Waals surface area contributed by atoms with Crippen molar-refractivity contribution in [2.24, 2.45) is 5.73 Å².